The molecule has 1 amide bonds. The van der Waals surface area contributed by atoms with Crippen molar-refractivity contribution in [3.8, 4) is 68.2 Å². The molecule has 0 aliphatic heterocycles. The Morgan fingerprint density at radius 3 is 0.917 bits per heavy atom. The Bertz CT molecular complexity index is 7230. The summed E-state index contributed by atoms with van der Waals surface area (Å²) in [6, 6.07) is 29.0. The van der Waals surface area contributed by atoms with Crippen LogP contribution in [0.5, 0.6) is 0 Å². The Morgan fingerprint density at radius 2 is 0.634 bits per heavy atom. The number of methoxy groups -OCH3 is 6. The van der Waals surface area contributed by atoms with Crippen molar-refractivity contribution in [1.82, 2.24) is 185 Å². The molecule has 47 nitrogen and oxygen atoms in total. The van der Waals surface area contributed by atoms with Crippen LogP contribution in [0.4, 0.5) is 47.2 Å². The zero-order valence-corrected chi connectivity index (χ0v) is 80.1. The Hall–Kier alpha value is -18.5. The highest BCUT2D eigenvalue weighted by atomic mass is 32.1. The van der Waals surface area contributed by atoms with E-state index in [0.717, 1.165) is 16.7 Å². The van der Waals surface area contributed by atoms with Gasteiger partial charge in [-0.2, -0.15) is 15.3 Å². The SMILES string of the molecule is COC(=O)NCc1cn(-c2ccc(-n3cccn3)c(F)c2)nn1.COC(=S)NCc1cn(-c2ccc(-n3cccn3)c(F)c2)nn1.COC(=S)NCc1cn(-c2ccc(-n3cnc(CO)c3)c(F)c2)nn1.COC(=S)NCc1cn(-c2ccc(-n3cncn3)c(F)c2)nn1.[C-]#[N+]c1cn(-c2c(F)cc(-n3cc(CNC(=S)OC)nn3)cc2F)cn1.[C-]#[N+]c1cn(-c2ccc(-n3cc(CNC(=S)OC)nn3)cc2F)cn1. The third-order valence-corrected chi connectivity index (χ3v) is 20.8. The molecule has 0 atom stereocenters. The molecule has 0 fully saturated rings. The van der Waals surface area contributed by atoms with E-state index in [0.29, 0.717) is 123 Å². The van der Waals surface area contributed by atoms with Gasteiger partial charge in [0.05, 0.1) is 183 Å². The average Bonchev–Trinajstić information content (AvgIpc) is 1.69. The lowest BCUT2D eigenvalue weighted by atomic mass is 10.2. The van der Waals surface area contributed by atoms with E-state index in [2.05, 4.69) is 143 Å². The molecule has 12 aromatic heterocycles. The monoisotopic (exact) mass is 2080 g/mol. The number of halogens is 7. The highest BCUT2D eigenvalue weighted by Gasteiger charge is 2.21. The largest absolute Gasteiger partial charge is 0.474 e. The van der Waals surface area contributed by atoms with E-state index in [1.54, 1.807) is 135 Å². The predicted octanol–water partition coefficient (Wildman–Crippen LogP) is 9.64. The van der Waals surface area contributed by atoms with E-state index < -0.39 is 46.8 Å². The van der Waals surface area contributed by atoms with Crippen LogP contribution in [0.15, 0.2) is 227 Å². The number of rotatable bonds is 25. The van der Waals surface area contributed by atoms with E-state index in [-0.39, 0.29) is 68.6 Å². The number of hydrogen-bond acceptors (Lipinski definition) is 32. The number of amides is 1. The molecule has 145 heavy (non-hydrogen) atoms. The summed E-state index contributed by atoms with van der Waals surface area (Å²) in [5, 5.41) is 86.3. The molecule has 0 saturated carbocycles. The van der Waals surface area contributed by atoms with Crippen LogP contribution in [-0.2, 0) is 74.3 Å². The molecule has 0 bridgehead atoms. The van der Waals surface area contributed by atoms with E-state index in [1.165, 1.54) is 174 Å². The Morgan fingerprint density at radius 1 is 0.338 bits per heavy atom. The predicted molar refractivity (Wildman–Crippen MR) is 518 cm³/mol. The third kappa shape index (κ3) is 28.2. The number of hydrogen-bond donors (Lipinski definition) is 7. The number of aromatic nitrogens is 31. The second kappa shape index (κ2) is 50.4. The van der Waals surface area contributed by atoms with Crippen LogP contribution in [0.25, 0.3) is 77.9 Å². The highest BCUT2D eigenvalue weighted by molar-refractivity contribution is 7.80. The number of imidazole rings is 3. The molecular formula is C86H76F7N39O8S5. The minimum atomic E-state index is -0.829. The molecule has 0 saturated heterocycles. The Balaban J connectivity index is 0.000000146. The van der Waals surface area contributed by atoms with Crippen LogP contribution in [-0.4, -0.2) is 233 Å². The minimum Gasteiger partial charge on any atom is -0.474 e. The molecule has 0 aliphatic carbocycles. The van der Waals surface area contributed by atoms with Gasteiger partial charge in [-0.1, -0.05) is 44.4 Å². The van der Waals surface area contributed by atoms with Crippen LogP contribution in [0.2, 0.25) is 0 Å². The molecule has 0 aliphatic rings. The number of carbonyl (C=O) groups is 1. The number of aliphatic hydroxyl groups excluding tert-OH is 1. The highest BCUT2D eigenvalue weighted by Crippen LogP contribution is 2.27. The smallest absolute Gasteiger partial charge is 0.407 e. The fraction of sp³-hybridized carbons (Fsp3) is 0.151. The first-order valence-corrected chi connectivity index (χ1v) is 43.5. The maximum atomic E-state index is 14.4. The summed E-state index contributed by atoms with van der Waals surface area (Å²) in [5.41, 5.74) is 8.14. The Labute approximate surface area is 841 Å². The number of thiocarbonyl (C=S) groups is 5. The van der Waals surface area contributed by atoms with Gasteiger partial charge in [-0.3, -0.25) is 9.13 Å². The van der Waals surface area contributed by atoms with Crippen LogP contribution in [0.1, 0.15) is 39.9 Å². The number of nitrogens with one attached hydrogen (secondary N) is 6. The van der Waals surface area contributed by atoms with Crippen molar-refractivity contribution in [2.24, 2.45) is 0 Å². The molecular weight excluding hydrogens is 2000 g/mol. The summed E-state index contributed by atoms with van der Waals surface area (Å²) in [4.78, 5) is 32.7. The second-order valence-electron chi connectivity index (χ2n) is 28.6. The molecule has 59 heteroatoms. The van der Waals surface area contributed by atoms with Gasteiger partial charge in [0.2, 0.25) is 0 Å². The van der Waals surface area contributed by atoms with Crippen molar-refractivity contribution >= 4 is 105 Å². The van der Waals surface area contributed by atoms with Crippen molar-refractivity contribution in [3.05, 3.63) is 331 Å². The fourth-order valence-corrected chi connectivity index (χ4v) is 12.6. The van der Waals surface area contributed by atoms with Crippen LogP contribution in [0, 0.1) is 53.9 Å². The Kier molecular flexibility index (Phi) is 36.1. The normalized spacial score (nSPS) is 10.5. The van der Waals surface area contributed by atoms with Gasteiger partial charge in [-0.15, -0.1) is 40.6 Å². The summed E-state index contributed by atoms with van der Waals surface area (Å²) < 4.78 is 146. The van der Waals surface area contributed by atoms with Gasteiger partial charge >= 0.3 is 6.09 Å². The summed E-state index contributed by atoms with van der Waals surface area (Å²) in [5.74, 6) is -3.62. The average molecular weight is 2080 g/mol. The number of nitrogens with zero attached hydrogens (tertiary/aromatic N) is 33. The van der Waals surface area contributed by atoms with Gasteiger partial charge in [-0.05, 0) is 134 Å². The number of aliphatic hydroxyl groups is 1. The minimum absolute atomic E-state index is 0.0373. The number of carbonyl (C=O) groups excluding carboxylic acids is 1. The first kappa shape index (κ1) is 104. The van der Waals surface area contributed by atoms with E-state index in [1.807, 2.05) is 0 Å². The summed E-state index contributed by atoms with van der Waals surface area (Å²) in [6.45, 7) is 15.4. The fourth-order valence-electron chi connectivity index (χ4n) is 12.3. The van der Waals surface area contributed by atoms with E-state index >= 15 is 0 Å². The maximum absolute atomic E-state index is 14.4. The lowest BCUT2D eigenvalue weighted by Gasteiger charge is -2.08. The second-order valence-corrected chi connectivity index (χ2v) is 30.5. The lowest BCUT2D eigenvalue weighted by Crippen LogP contribution is -2.22. The standard InChI is InChI=1S/C15H11F2N7OS.C15H12FN7OS.C15H15FN6O2S.C14H13FN6O2.C14H13FN6OS.C13H12FN7OS/c1-18-13-7-23(8-20-13)14-11(16)3-10(4-12(14)17)24-6-9(21-22-24)5-19-15(26)25-2;1-17-14-8-22(9-19-14)13-4-3-11(5-12(13)16)23-7-10(20-21-23)6-18-15(25)24-2;1-24-15(25)17-5-10-7-22(20-19-10)12-2-3-14(13(16)4-12)21-6-11(8-23)18-9-21;1-23-14(22)16-8-10-9-21(19-18-10)11-3-4-13(12(15)7-11)20-6-2-5-17-20;1-22-14(23)16-8-10-9-21(19-18-10)11-3-4-13(12(15)7-11)20-6-2-5-17-20;1-22-13(23)16-5-9-6-20(19-18-9)10-2-3-12(11(14)4-10)21-8-15-7-17-21/h3-4,6-8H,5H2,2H3,(H,19,26);3-5,7-9H,6H2,2H3,(H,18,25);2-4,6-7,9,23H,5,8H2,1H3,(H,17,25);2-7,9H,8H2,1H3,(H,16,22);2-7,9H,8H2,1H3,(H,16,23);2-4,6-8H,5H2,1H3,(H,16,23). The molecule has 18 rings (SSSR count). The molecule has 18 aromatic rings. The molecule has 742 valence electrons. The summed E-state index contributed by atoms with van der Waals surface area (Å²) in [6.07, 6.45) is 26.8. The summed E-state index contributed by atoms with van der Waals surface area (Å²) >= 11 is 24.4. The molecule has 0 spiro atoms. The van der Waals surface area contributed by atoms with Gasteiger partial charge in [0.25, 0.3) is 37.5 Å². The van der Waals surface area contributed by atoms with Crippen molar-refractivity contribution in [3.63, 3.8) is 0 Å². The van der Waals surface area contributed by atoms with Crippen molar-refractivity contribution < 1.29 is 69.1 Å². The van der Waals surface area contributed by atoms with Crippen LogP contribution < -0.4 is 31.9 Å². The first-order valence-electron chi connectivity index (χ1n) is 41.4. The first-order chi connectivity index (χ1) is 70.2. The van der Waals surface area contributed by atoms with Gasteiger partial charge in [0.15, 0.2) is 41.7 Å². The third-order valence-electron chi connectivity index (χ3n) is 19.2. The summed E-state index contributed by atoms with van der Waals surface area (Å²) in [7, 11) is 8.61. The molecule has 0 unspecified atom stereocenters. The topological polar surface area (TPSA) is 478 Å². The lowest BCUT2D eigenvalue weighted by molar-refractivity contribution is 0.170. The number of ether oxygens (including phenoxy) is 6. The van der Waals surface area contributed by atoms with Gasteiger partial charge in [0, 0.05) is 85.8 Å². The molecule has 7 N–H and O–H groups in total. The number of alkyl carbamates (subject to hydrolysis) is 1. The van der Waals surface area contributed by atoms with Gasteiger partial charge < -0.3 is 79.7 Å². The van der Waals surface area contributed by atoms with E-state index in [9.17, 15) is 35.5 Å². The quantitative estimate of drug-likeness (QED) is 0.0159. The number of benzene rings is 6. The van der Waals surface area contributed by atoms with Crippen LogP contribution in [0.3, 0.4) is 0 Å². The molecule has 6 aromatic carbocycles. The molecule has 12 heterocycles. The zero-order valence-electron chi connectivity index (χ0n) is 76.1. The van der Waals surface area contributed by atoms with E-state index in [4.69, 9.17) is 103 Å². The van der Waals surface area contributed by atoms with Crippen molar-refractivity contribution in [2.45, 2.75) is 45.9 Å². The van der Waals surface area contributed by atoms with Gasteiger partial charge in [-0.25, -0.2) is 87.6 Å². The maximum Gasteiger partial charge on any atom is 0.407 e. The van der Waals surface area contributed by atoms with Crippen molar-refractivity contribution in [2.75, 3.05) is 42.7 Å². The zero-order chi connectivity index (χ0) is 103. The van der Waals surface area contributed by atoms with Gasteiger partial charge in [0.1, 0.15) is 81.2 Å². The van der Waals surface area contributed by atoms with Crippen molar-refractivity contribution in [1.29, 1.82) is 0 Å². The molecule has 0 radical (unpaired) electrons. The van der Waals surface area contributed by atoms with Crippen LogP contribution >= 0.6 is 61.1 Å².